The summed E-state index contributed by atoms with van der Waals surface area (Å²) in [6.07, 6.45) is 58.4. The molecule has 0 aromatic carbocycles. The number of aliphatic hydroxyl groups excluding tert-OH is 6. The maximum Gasteiger partial charge on any atom is 0.0431 e. The van der Waals surface area contributed by atoms with Gasteiger partial charge in [0.05, 0.1) is 0 Å². The Morgan fingerprint density at radius 2 is 0.140 bits per heavy atom. The monoisotopic (exact) mass is 817 g/mol. The van der Waals surface area contributed by atoms with Gasteiger partial charge in [0, 0.05) is 39.6 Å². The van der Waals surface area contributed by atoms with Crippen molar-refractivity contribution in [3.63, 3.8) is 0 Å². The van der Waals surface area contributed by atoms with Crippen LogP contribution in [-0.4, -0.2) is 70.3 Å². The first-order valence-corrected chi connectivity index (χ1v) is 25.9. The molecule has 0 bridgehead atoms. The molecule has 0 aliphatic rings. The van der Waals surface area contributed by atoms with Crippen molar-refractivity contribution in [1.29, 1.82) is 0 Å². The summed E-state index contributed by atoms with van der Waals surface area (Å²) in [5, 5.41) is 52.0. The number of hydrogen-bond donors (Lipinski definition) is 6. The highest BCUT2D eigenvalue weighted by Crippen LogP contribution is 2.16. The third-order valence-corrected chi connectivity index (χ3v) is 11.4. The van der Waals surface area contributed by atoms with Crippen LogP contribution in [0, 0.1) is 0 Å². The van der Waals surface area contributed by atoms with E-state index in [1.807, 2.05) is 0 Å². The lowest BCUT2D eigenvalue weighted by atomic mass is 10.0. The summed E-state index contributed by atoms with van der Waals surface area (Å²) in [4.78, 5) is 0. The van der Waals surface area contributed by atoms with Gasteiger partial charge in [-0.05, 0) is 38.5 Å². The molecule has 0 saturated carbocycles. The van der Waals surface area contributed by atoms with E-state index in [-0.39, 0.29) is 0 Å². The zero-order valence-corrected chi connectivity index (χ0v) is 38.7. The molecule has 57 heavy (non-hydrogen) atoms. The van der Waals surface area contributed by atoms with Gasteiger partial charge in [0.25, 0.3) is 0 Å². The SMILES string of the molecule is OCCCCCCCCCCCCCCCCCCO.OCCCCCCCCCCCCCCCCCO.OCCCCCCCCCCCCCCCCO. The zero-order chi connectivity index (χ0) is 42.1. The molecule has 0 fully saturated rings. The highest BCUT2D eigenvalue weighted by atomic mass is 16.3. The predicted octanol–water partition coefficient (Wildman–Crippen LogP) is 14.5. The topological polar surface area (TPSA) is 121 Å². The van der Waals surface area contributed by atoms with Gasteiger partial charge in [0.15, 0.2) is 0 Å². The van der Waals surface area contributed by atoms with E-state index in [0.717, 1.165) is 38.5 Å². The molecule has 0 radical (unpaired) electrons. The van der Waals surface area contributed by atoms with Gasteiger partial charge < -0.3 is 30.6 Å². The molecule has 0 aromatic heterocycles. The van der Waals surface area contributed by atoms with Crippen molar-refractivity contribution in [2.24, 2.45) is 0 Å². The Morgan fingerprint density at radius 3 is 0.193 bits per heavy atom. The van der Waals surface area contributed by atoms with E-state index in [0.29, 0.717) is 39.6 Å². The fourth-order valence-corrected chi connectivity index (χ4v) is 7.57. The Bertz CT molecular complexity index is 556. The molecule has 0 aromatic rings. The zero-order valence-electron chi connectivity index (χ0n) is 38.7. The van der Waals surface area contributed by atoms with Crippen LogP contribution in [0.25, 0.3) is 0 Å². The van der Waals surface area contributed by atoms with E-state index in [1.165, 1.54) is 250 Å². The van der Waals surface area contributed by atoms with Gasteiger partial charge in [-0.15, -0.1) is 0 Å². The smallest absolute Gasteiger partial charge is 0.0431 e. The molecular formula is C51H108O6. The molecule has 0 spiro atoms. The first-order valence-electron chi connectivity index (χ1n) is 25.9. The molecule has 348 valence electrons. The average Bonchev–Trinajstić information content (AvgIpc) is 3.23. The minimum atomic E-state index is 0.359. The molecule has 0 rings (SSSR count). The number of aliphatic hydroxyl groups is 6. The number of rotatable bonds is 48. The summed E-state index contributed by atoms with van der Waals surface area (Å²) in [6, 6.07) is 0. The molecule has 0 aliphatic heterocycles. The molecule has 6 heteroatoms. The minimum Gasteiger partial charge on any atom is -0.396 e. The number of unbranched alkanes of at least 4 members (excludes halogenated alkanes) is 42. The van der Waals surface area contributed by atoms with Gasteiger partial charge in [0.1, 0.15) is 0 Å². The van der Waals surface area contributed by atoms with Crippen LogP contribution in [0.2, 0.25) is 0 Å². The molecule has 6 nitrogen and oxygen atoms in total. The van der Waals surface area contributed by atoms with Crippen molar-refractivity contribution in [3.05, 3.63) is 0 Å². The minimum absolute atomic E-state index is 0.359. The normalized spacial score (nSPS) is 11.1. The van der Waals surface area contributed by atoms with Crippen molar-refractivity contribution in [3.8, 4) is 0 Å². The first kappa shape index (κ1) is 61.1. The third kappa shape index (κ3) is 70.7. The van der Waals surface area contributed by atoms with Crippen LogP contribution < -0.4 is 0 Å². The lowest BCUT2D eigenvalue weighted by molar-refractivity contribution is 0.282. The third-order valence-electron chi connectivity index (χ3n) is 11.4. The standard InChI is InChI=1S/C18H38O2.C17H36O2.C16H34O2/c19-17-15-13-11-9-7-5-3-1-2-4-6-8-10-12-14-16-18-20;18-16-14-12-10-8-6-4-2-1-3-5-7-9-11-13-15-17-19;17-15-13-11-9-7-5-3-1-2-4-6-8-10-12-14-16-18/h19-20H,1-18H2;18-19H,1-17H2;17-18H,1-16H2. The van der Waals surface area contributed by atoms with Gasteiger partial charge in [-0.2, -0.15) is 0 Å². The summed E-state index contributed by atoms with van der Waals surface area (Å²) in [5.74, 6) is 0. The summed E-state index contributed by atoms with van der Waals surface area (Å²) in [7, 11) is 0. The summed E-state index contributed by atoms with van der Waals surface area (Å²) < 4.78 is 0. The predicted molar refractivity (Wildman–Crippen MR) is 250 cm³/mol. The van der Waals surface area contributed by atoms with E-state index in [9.17, 15) is 0 Å². The van der Waals surface area contributed by atoms with E-state index in [2.05, 4.69) is 0 Å². The second kappa shape index (κ2) is 64.9. The molecular weight excluding hydrogens is 709 g/mol. The van der Waals surface area contributed by atoms with E-state index in [1.54, 1.807) is 0 Å². The van der Waals surface area contributed by atoms with Gasteiger partial charge in [-0.3, -0.25) is 0 Å². The van der Waals surface area contributed by atoms with Crippen LogP contribution in [0.4, 0.5) is 0 Å². The van der Waals surface area contributed by atoms with Crippen LogP contribution in [0.15, 0.2) is 0 Å². The summed E-state index contributed by atoms with van der Waals surface area (Å²) in [5.41, 5.74) is 0. The second-order valence-corrected chi connectivity index (χ2v) is 17.3. The molecule has 0 aliphatic carbocycles. The molecule has 0 heterocycles. The van der Waals surface area contributed by atoms with Crippen molar-refractivity contribution in [2.75, 3.05) is 39.6 Å². The lowest BCUT2D eigenvalue weighted by Crippen LogP contribution is -1.85. The van der Waals surface area contributed by atoms with Crippen molar-refractivity contribution in [2.45, 2.75) is 289 Å². The van der Waals surface area contributed by atoms with Gasteiger partial charge >= 0.3 is 0 Å². The molecule has 0 unspecified atom stereocenters. The fraction of sp³-hybridized carbons (Fsp3) is 1.00. The van der Waals surface area contributed by atoms with Crippen LogP contribution in [0.3, 0.4) is 0 Å². The highest BCUT2D eigenvalue weighted by Gasteiger charge is 1.97. The Balaban J connectivity index is -0.000000768. The second-order valence-electron chi connectivity index (χ2n) is 17.3. The molecule has 0 atom stereocenters. The largest absolute Gasteiger partial charge is 0.396 e. The Kier molecular flexibility index (Phi) is 69.5. The van der Waals surface area contributed by atoms with Gasteiger partial charge in [-0.25, -0.2) is 0 Å². The number of hydrogen-bond acceptors (Lipinski definition) is 6. The Hall–Kier alpha value is -0.240. The first-order chi connectivity index (χ1) is 28.2. The Labute approximate surface area is 358 Å². The maximum absolute atomic E-state index is 8.67. The van der Waals surface area contributed by atoms with Crippen LogP contribution >= 0.6 is 0 Å². The van der Waals surface area contributed by atoms with E-state index in [4.69, 9.17) is 30.6 Å². The Morgan fingerprint density at radius 1 is 0.0877 bits per heavy atom. The van der Waals surface area contributed by atoms with Gasteiger partial charge in [0.2, 0.25) is 0 Å². The lowest BCUT2D eigenvalue weighted by Gasteiger charge is -2.03. The van der Waals surface area contributed by atoms with E-state index < -0.39 is 0 Å². The van der Waals surface area contributed by atoms with Crippen molar-refractivity contribution >= 4 is 0 Å². The van der Waals surface area contributed by atoms with Crippen LogP contribution in [-0.2, 0) is 0 Å². The maximum atomic E-state index is 8.67. The van der Waals surface area contributed by atoms with Crippen LogP contribution in [0.1, 0.15) is 289 Å². The summed E-state index contributed by atoms with van der Waals surface area (Å²) in [6.45, 7) is 2.17. The van der Waals surface area contributed by atoms with Gasteiger partial charge in [-0.1, -0.05) is 250 Å². The summed E-state index contributed by atoms with van der Waals surface area (Å²) >= 11 is 0. The average molecular weight is 817 g/mol. The van der Waals surface area contributed by atoms with Crippen molar-refractivity contribution < 1.29 is 30.6 Å². The van der Waals surface area contributed by atoms with E-state index >= 15 is 0 Å². The quantitative estimate of drug-likeness (QED) is 0.0340. The molecule has 0 saturated heterocycles. The molecule has 0 amide bonds. The van der Waals surface area contributed by atoms with Crippen LogP contribution in [0.5, 0.6) is 0 Å². The highest BCUT2D eigenvalue weighted by molar-refractivity contribution is 4.52. The molecule has 6 N–H and O–H groups in total. The van der Waals surface area contributed by atoms with Crippen molar-refractivity contribution in [1.82, 2.24) is 0 Å². The fourth-order valence-electron chi connectivity index (χ4n) is 7.57.